The summed E-state index contributed by atoms with van der Waals surface area (Å²) in [4.78, 5) is 15.9. The number of nitrogens with zero attached hydrogens (tertiary/aromatic N) is 1. The summed E-state index contributed by atoms with van der Waals surface area (Å²) < 4.78 is 5.76. The van der Waals surface area contributed by atoms with Gasteiger partial charge in [-0.05, 0) is 25.2 Å². The van der Waals surface area contributed by atoms with Gasteiger partial charge in [-0.2, -0.15) is 0 Å². The molecule has 5 heteroatoms. The minimum absolute atomic E-state index is 0.131. The van der Waals surface area contributed by atoms with Crippen molar-refractivity contribution in [2.45, 2.75) is 24.0 Å². The minimum Gasteiger partial charge on any atom is -0.487 e. The molecule has 0 spiro atoms. The van der Waals surface area contributed by atoms with Crippen molar-refractivity contribution in [3.8, 4) is 5.75 Å². The molecule has 2 rings (SSSR count). The van der Waals surface area contributed by atoms with E-state index in [0.717, 1.165) is 17.9 Å². The molecule has 0 aromatic carbocycles. The lowest BCUT2D eigenvalue weighted by Gasteiger charge is -2.12. The Morgan fingerprint density at radius 1 is 1.62 bits per heavy atom. The van der Waals surface area contributed by atoms with Crippen molar-refractivity contribution in [2.75, 3.05) is 13.3 Å². The zero-order valence-corrected chi connectivity index (χ0v) is 10.1. The number of carbonyl (C=O) groups excluding carboxylic acids is 1. The maximum atomic E-state index is 11.7. The first-order valence-electron chi connectivity index (χ1n) is 5.18. The first-order valence-corrected chi connectivity index (χ1v) is 6.40. The molecule has 0 saturated heterocycles. The van der Waals surface area contributed by atoms with Crippen LogP contribution >= 0.6 is 11.8 Å². The molecule has 1 aliphatic rings. The van der Waals surface area contributed by atoms with Gasteiger partial charge in [0.25, 0.3) is 5.91 Å². The number of amides is 1. The van der Waals surface area contributed by atoms with Crippen LogP contribution in [0.2, 0.25) is 0 Å². The molecular weight excluding hydrogens is 224 g/mol. The van der Waals surface area contributed by atoms with E-state index in [1.165, 1.54) is 11.8 Å². The van der Waals surface area contributed by atoms with Crippen LogP contribution in [-0.4, -0.2) is 30.3 Å². The third kappa shape index (κ3) is 2.29. The normalized spacial score (nSPS) is 14.6. The molecule has 1 aliphatic carbocycles. The first kappa shape index (κ1) is 11.3. The lowest BCUT2D eigenvalue weighted by molar-refractivity contribution is 0.0957. The van der Waals surface area contributed by atoms with Crippen molar-refractivity contribution >= 4 is 17.7 Å². The summed E-state index contributed by atoms with van der Waals surface area (Å²) in [6.45, 7) is 0. The fourth-order valence-electron chi connectivity index (χ4n) is 1.35. The van der Waals surface area contributed by atoms with E-state index in [1.54, 1.807) is 19.3 Å². The zero-order valence-electron chi connectivity index (χ0n) is 9.32. The molecule has 0 atom stereocenters. The molecule has 0 bridgehead atoms. The van der Waals surface area contributed by atoms with Gasteiger partial charge in [0, 0.05) is 13.2 Å². The summed E-state index contributed by atoms with van der Waals surface area (Å²) >= 11 is 1.49. The number of ether oxygens (including phenoxy) is 1. The van der Waals surface area contributed by atoms with Gasteiger partial charge in [0.1, 0.15) is 5.03 Å². The molecule has 1 aromatic heterocycles. The summed E-state index contributed by atoms with van der Waals surface area (Å²) in [6, 6.07) is 1.69. The van der Waals surface area contributed by atoms with Gasteiger partial charge in [-0.3, -0.25) is 4.79 Å². The van der Waals surface area contributed by atoms with Gasteiger partial charge in [-0.15, -0.1) is 11.8 Å². The molecule has 0 unspecified atom stereocenters. The largest absolute Gasteiger partial charge is 0.487 e. The number of pyridine rings is 1. The molecule has 4 nitrogen and oxygen atoms in total. The number of hydrogen-bond acceptors (Lipinski definition) is 4. The molecule has 1 N–H and O–H groups in total. The average Bonchev–Trinajstić information content (AvgIpc) is 3.12. The number of rotatable bonds is 4. The second kappa shape index (κ2) is 4.74. The van der Waals surface area contributed by atoms with Crippen LogP contribution in [-0.2, 0) is 0 Å². The molecule has 1 saturated carbocycles. The van der Waals surface area contributed by atoms with Crippen molar-refractivity contribution in [3.63, 3.8) is 0 Å². The highest BCUT2D eigenvalue weighted by atomic mass is 32.2. The van der Waals surface area contributed by atoms with E-state index in [1.807, 2.05) is 6.26 Å². The smallest absolute Gasteiger partial charge is 0.254 e. The zero-order chi connectivity index (χ0) is 11.5. The second-order valence-corrected chi connectivity index (χ2v) is 4.39. The Labute approximate surface area is 98.8 Å². The maximum absolute atomic E-state index is 11.7. The predicted octanol–water partition coefficient (Wildman–Crippen LogP) is 1.70. The van der Waals surface area contributed by atoms with Crippen LogP contribution in [0.4, 0.5) is 0 Å². The molecule has 86 valence electrons. The van der Waals surface area contributed by atoms with E-state index >= 15 is 0 Å². The van der Waals surface area contributed by atoms with Crippen LogP contribution in [0.15, 0.2) is 17.3 Å². The highest BCUT2D eigenvalue weighted by Gasteiger charge is 2.27. The van der Waals surface area contributed by atoms with Gasteiger partial charge in [0.15, 0.2) is 5.75 Å². The Hall–Kier alpha value is -1.23. The van der Waals surface area contributed by atoms with Crippen molar-refractivity contribution in [1.29, 1.82) is 0 Å². The van der Waals surface area contributed by atoms with Crippen molar-refractivity contribution in [3.05, 3.63) is 17.8 Å². The summed E-state index contributed by atoms with van der Waals surface area (Å²) in [7, 11) is 1.61. The van der Waals surface area contributed by atoms with E-state index in [9.17, 15) is 4.79 Å². The minimum atomic E-state index is -0.131. The van der Waals surface area contributed by atoms with Gasteiger partial charge in [0.2, 0.25) is 0 Å². The number of thioether (sulfide) groups is 1. The molecule has 1 aromatic rings. The Bertz CT molecular complexity index is 405. The molecule has 0 aliphatic heterocycles. The number of carbonyl (C=O) groups is 1. The van der Waals surface area contributed by atoms with E-state index in [2.05, 4.69) is 10.3 Å². The lowest BCUT2D eigenvalue weighted by Crippen LogP contribution is -2.19. The van der Waals surface area contributed by atoms with Crippen LogP contribution in [0.5, 0.6) is 5.75 Å². The molecule has 16 heavy (non-hydrogen) atoms. The SMILES string of the molecule is CNC(=O)c1ccnc(SC)c1OC1CC1. The number of nitrogens with one attached hydrogen (secondary N) is 1. The molecule has 1 fully saturated rings. The first-order chi connectivity index (χ1) is 7.76. The Morgan fingerprint density at radius 3 is 2.94 bits per heavy atom. The fraction of sp³-hybridized carbons (Fsp3) is 0.455. The summed E-state index contributed by atoms with van der Waals surface area (Å²) in [5.74, 6) is 0.491. The van der Waals surface area contributed by atoms with Crippen LogP contribution in [0, 0.1) is 0 Å². The summed E-state index contributed by atoms with van der Waals surface area (Å²) in [5, 5.41) is 3.38. The predicted molar refractivity (Wildman–Crippen MR) is 63.1 cm³/mol. The topological polar surface area (TPSA) is 51.2 Å². The third-order valence-electron chi connectivity index (χ3n) is 2.35. The van der Waals surface area contributed by atoms with E-state index in [0.29, 0.717) is 11.3 Å². The Kier molecular flexibility index (Phi) is 3.33. The number of aromatic nitrogens is 1. The van der Waals surface area contributed by atoms with Gasteiger partial charge >= 0.3 is 0 Å². The lowest BCUT2D eigenvalue weighted by atomic mass is 10.2. The van der Waals surface area contributed by atoms with Gasteiger partial charge in [-0.1, -0.05) is 0 Å². The highest BCUT2D eigenvalue weighted by molar-refractivity contribution is 7.98. The maximum Gasteiger partial charge on any atom is 0.254 e. The average molecular weight is 238 g/mol. The Balaban J connectivity index is 2.36. The van der Waals surface area contributed by atoms with Crippen molar-refractivity contribution in [2.24, 2.45) is 0 Å². The van der Waals surface area contributed by atoms with Crippen LogP contribution in [0.1, 0.15) is 23.2 Å². The highest BCUT2D eigenvalue weighted by Crippen LogP contribution is 2.34. The van der Waals surface area contributed by atoms with Crippen molar-refractivity contribution in [1.82, 2.24) is 10.3 Å². The monoisotopic (exact) mass is 238 g/mol. The van der Waals surface area contributed by atoms with Gasteiger partial charge in [-0.25, -0.2) is 4.98 Å². The third-order valence-corrected chi connectivity index (χ3v) is 3.02. The van der Waals surface area contributed by atoms with Gasteiger partial charge in [0.05, 0.1) is 11.7 Å². The Morgan fingerprint density at radius 2 is 2.38 bits per heavy atom. The van der Waals surface area contributed by atoms with Crippen LogP contribution in [0.3, 0.4) is 0 Å². The van der Waals surface area contributed by atoms with E-state index in [4.69, 9.17) is 4.74 Å². The van der Waals surface area contributed by atoms with Crippen LogP contribution < -0.4 is 10.1 Å². The van der Waals surface area contributed by atoms with Gasteiger partial charge < -0.3 is 10.1 Å². The van der Waals surface area contributed by atoms with E-state index < -0.39 is 0 Å². The van der Waals surface area contributed by atoms with E-state index in [-0.39, 0.29) is 12.0 Å². The number of hydrogen-bond donors (Lipinski definition) is 1. The molecular formula is C11H14N2O2S. The second-order valence-electron chi connectivity index (χ2n) is 3.59. The molecule has 1 heterocycles. The van der Waals surface area contributed by atoms with Crippen LogP contribution in [0.25, 0.3) is 0 Å². The molecule has 0 radical (unpaired) electrons. The fourth-order valence-corrected chi connectivity index (χ4v) is 1.86. The standard InChI is InChI=1S/C11H14N2O2S/c1-12-10(14)8-5-6-13-11(16-2)9(8)15-7-3-4-7/h5-7H,3-4H2,1-2H3,(H,12,14). The summed E-state index contributed by atoms with van der Waals surface area (Å²) in [6.07, 6.45) is 5.95. The molecule has 1 amide bonds. The van der Waals surface area contributed by atoms with Crippen molar-refractivity contribution < 1.29 is 9.53 Å². The summed E-state index contributed by atoms with van der Waals surface area (Å²) in [5.41, 5.74) is 0.564. The quantitative estimate of drug-likeness (QED) is 0.811.